The standard InChI is InChI=1S/C12H13NO3/c1-14-10-4-2-8(3-5-10)12-11-9(6-15-12)7-16-13-11/h2-5,9,12H,6-7H2,1H3/t9-,12+/m0/s1. The molecule has 0 aliphatic carbocycles. The van der Waals surface area contributed by atoms with Crippen LogP contribution in [0.25, 0.3) is 0 Å². The Morgan fingerprint density at radius 3 is 2.81 bits per heavy atom. The zero-order valence-electron chi connectivity index (χ0n) is 9.05. The van der Waals surface area contributed by atoms with Crippen molar-refractivity contribution in [2.75, 3.05) is 20.3 Å². The second-order valence-corrected chi connectivity index (χ2v) is 4.00. The highest BCUT2D eigenvalue weighted by atomic mass is 16.6. The lowest BCUT2D eigenvalue weighted by Crippen LogP contribution is -2.11. The minimum Gasteiger partial charge on any atom is -0.497 e. The predicted molar refractivity (Wildman–Crippen MR) is 58.6 cm³/mol. The van der Waals surface area contributed by atoms with Gasteiger partial charge in [-0.25, -0.2) is 0 Å². The molecule has 84 valence electrons. The minimum absolute atomic E-state index is 0.0431. The van der Waals surface area contributed by atoms with Crippen molar-refractivity contribution in [1.82, 2.24) is 0 Å². The third-order valence-electron chi connectivity index (χ3n) is 3.02. The van der Waals surface area contributed by atoms with Crippen molar-refractivity contribution in [2.45, 2.75) is 6.10 Å². The van der Waals surface area contributed by atoms with Gasteiger partial charge in [0, 0.05) is 0 Å². The van der Waals surface area contributed by atoms with Gasteiger partial charge in [0.05, 0.1) is 25.3 Å². The molecule has 3 rings (SSSR count). The molecule has 0 saturated carbocycles. The molecular weight excluding hydrogens is 206 g/mol. The third-order valence-corrected chi connectivity index (χ3v) is 3.02. The summed E-state index contributed by atoms with van der Waals surface area (Å²) in [4.78, 5) is 5.09. The number of hydrogen-bond donors (Lipinski definition) is 0. The molecule has 1 aromatic rings. The molecule has 0 N–H and O–H groups in total. The van der Waals surface area contributed by atoms with Gasteiger partial charge in [-0.05, 0) is 17.7 Å². The van der Waals surface area contributed by atoms with Crippen LogP contribution in [0.15, 0.2) is 29.4 Å². The average Bonchev–Trinajstić information content (AvgIpc) is 2.91. The molecule has 4 heteroatoms. The van der Waals surface area contributed by atoms with Gasteiger partial charge in [0.25, 0.3) is 0 Å². The van der Waals surface area contributed by atoms with Crippen molar-refractivity contribution in [3.8, 4) is 5.75 Å². The molecule has 4 nitrogen and oxygen atoms in total. The molecule has 2 heterocycles. The highest BCUT2D eigenvalue weighted by Crippen LogP contribution is 2.33. The number of ether oxygens (including phenoxy) is 2. The second kappa shape index (κ2) is 3.79. The van der Waals surface area contributed by atoms with Gasteiger partial charge in [0.2, 0.25) is 0 Å². The Kier molecular flexibility index (Phi) is 2.29. The van der Waals surface area contributed by atoms with E-state index in [0.717, 1.165) is 17.0 Å². The van der Waals surface area contributed by atoms with Crippen molar-refractivity contribution in [1.29, 1.82) is 0 Å². The van der Waals surface area contributed by atoms with Crippen molar-refractivity contribution >= 4 is 5.71 Å². The van der Waals surface area contributed by atoms with Gasteiger partial charge in [-0.3, -0.25) is 0 Å². The molecule has 16 heavy (non-hydrogen) atoms. The maximum atomic E-state index is 5.73. The number of oxime groups is 1. The van der Waals surface area contributed by atoms with Crippen LogP contribution in [0.2, 0.25) is 0 Å². The molecule has 1 aromatic carbocycles. The molecular formula is C12H13NO3. The summed E-state index contributed by atoms with van der Waals surface area (Å²) in [6.45, 7) is 1.36. The van der Waals surface area contributed by atoms with E-state index in [-0.39, 0.29) is 6.10 Å². The van der Waals surface area contributed by atoms with Crippen LogP contribution in [0.3, 0.4) is 0 Å². The Morgan fingerprint density at radius 1 is 1.25 bits per heavy atom. The van der Waals surface area contributed by atoms with Crippen LogP contribution >= 0.6 is 0 Å². The molecule has 0 bridgehead atoms. The molecule has 0 aromatic heterocycles. The molecule has 1 fully saturated rings. The highest BCUT2D eigenvalue weighted by Gasteiger charge is 2.38. The number of rotatable bonds is 2. The van der Waals surface area contributed by atoms with Crippen LogP contribution < -0.4 is 4.74 Å². The van der Waals surface area contributed by atoms with E-state index in [1.807, 2.05) is 24.3 Å². The fourth-order valence-corrected chi connectivity index (χ4v) is 2.10. The molecule has 0 spiro atoms. The van der Waals surface area contributed by atoms with Gasteiger partial charge >= 0.3 is 0 Å². The van der Waals surface area contributed by atoms with E-state index in [1.165, 1.54) is 0 Å². The monoisotopic (exact) mass is 219 g/mol. The number of benzene rings is 1. The lowest BCUT2D eigenvalue weighted by Gasteiger charge is -2.10. The summed E-state index contributed by atoms with van der Waals surface area (Å²) in [6.07, 6.45) is -0.0431. The van der Waals surface area contributed by atoms with Gasteiger partial charge < -0.3 is 14.3 Å². The number of nitrogens with zero attached hydrogens (tertiary/aromatic N) is 1. The van der Waals surface area contributed by atoms with Crippen LogP contribution in [0.5, 0.6) is 5.75 Å². The first-order valence-electron chi connectivity index (χ1n) is 5.34. The quantitative estimate of drug-likeness (QED) is 0.761. The zero-order chi connectivity index (χ0) is 11.0. The van der Waals surface area contributed by atoms with Crippen LogP contribution in [-0.2, 0) is 9.57 Å². The average molecular weight is 219 g/mol. The topological polar surface area (TPSA) is 40.0 Å². The fourth-order valence-electron chi connectivity index (χ4n) is 2.10. The van der Waals surface area contributed by atoms with E-state index in [0.29, 0.717) is 19.1 Å². The smallest absolute Gasteiger partial charge is 0.127 e. The van der Waals surface area contributed by atoms with E-state index < -0.39 is 0 Å². The Labute approximate surface area is 93.8 Å². The van der Waals surface area contributed by atoms with Crippen LogP contribution in [-0.4, -0.2) is 26.0 Å². The Bertz CT molecular complexity index is 413. The zero-order valence-corrected chi connectivity index (χ0v) is 9.05. The molecule has 1 saturated heterocycles. The Hall–Kier alpha value is -1.55. The van der Waals surface area contributed by atoms with E-state index in [9.17, 15) is 0 Å². The highest BCUT2D eigenvalue weighted by molar-refractivity contribution is 5.93. The first-order chi connectivity index (χ1) is 7.88. The van der Waals surface area contributed by atoms with E-state index >= 15 is 0 Å². The molecule has 0 amide bonds. The maximum absolute atomic E-state index is 5.73. The number of methoxy groups -OCH3 is 1. The first kappa shape index (κ1) is 9.66. The van der Waals surface area contributed by atoms with Gasteiger partial charge in [0.15, 0.2) is 0 Å². The van der Waals surface area contributed by atoms with Crippen molar-refractivity contribution < 1.29 is 14.3 Å². The summed E-state index contributed by atoms with van der Waals surface area (Å²) < 4.78 is 10.9. The second-order valence-electron chi connectivity index (χ2n) is 4.00. The van der Waals surface area contributed by atoms with Gasteiger partial charge in [-0.2, -0.15) is 0 Å². The maximum Gasteiger partial charge on any atom is 0.127 e. The van der Waals surface area contributed by atoms with E-state index in [4.69, 9.17) is 14.3 Å². The fraction of sp³-hybridized carbons (Fsp3) is 0.417. The van der Waals surface area contributed by atoms with E-state index in [1.54, 1.807) is 7.11 Å². The van der Waals surface area contributed by atoms with Gasteiger partial charge in [-0.1, -0.05) is 17.3 Å². The molecule has 2 aliphatic heterocycles. The number of fused-ring (bicyclic) bond motifs is 1. The SMILES string of the molecule is COc1ccc([C@H]2OC[C@H]3CON=C32)cc1. The summed E-state index contributed by atoms with van der Waals surface area (Å²) in [5.74, 6) is 1.19. The Morgan fingerprint density at radius 2 is 2.06 bits per heavy atom. The summed E-state index contributed by atoms with van der Waals surface area (Å²) in [5.41, 5.74) is 2.12. The first-order valence-corrected chi connectivity index (χ1v) is 5.34. The minimum atomic E-state index is -0.0431. The summed E-state index contributed by atoms with van der Waals surface area (Å²) in [7, 11) is 1.66. The number of hydrogen-bond acceptors (Lipinski definition) is 4. The van der Waals surface area contributed by atoms with E-state index in [2.05, 4.69) is 5.16 Å². The normalized spacial score (nSPS) is 27.2. The summed E-state index contributed by atoms with van der Waals surface area (Å²) >= 11 is 0. The third kappa shape index (κ3) is 1.46. The molecule has 2 aliphatic rings. The summed E-state index contributed by atoms with van der Waals surface area (Å²) in [5, 5.41) is 4.06. The van der Waals surface area contributed by atoms with Gasteiger partial charge in [-0.15, -0.1) is 0 Å². The largest absolute Gasteiger partial charge is 0.497 e. The predicted octanol–water partition coefficient (Wildman–Crippen LogP) is 1.77. The van der Waals surface area contributed by atoms with Crippen LogP contribution in [0, 0.1) is 5.92 Å². The lowest BCUT2D eigenvalue weighted by molar-refractivity contribution is 0.0792. The van der Waals surface area contributed by atoms with Gasteiger partial charge in [0.1, 0.15) is 18.5 Å². The molecule has 2 atom stereocenters. The van der Waals surface area contributed by atoms with Crippen molar-refractivity contribution in [3.05, 3.63) is 29.8 Å². The van der Waals surface area contributed by atoms with Crippen LogP contribution in [0.1, 0.15) is 11.7 Å². The molecule has 0 radical (unpaired) electrons. The lowest BCUT2D eigenvalue weighted by atomic mass is 9.99. The Balaban J connectivity index is 1.86. The van der Waals surface area contributed by atoms with Crippen molar-refractivity contribution in [2.24, 2.45) is 11.1 Å². The molecule has 0 unspecified atom stereocenters. The summed E-state index contributed by atoms with van der Waals surface area (Å²) in [6, 6.07) is 7.88. The van der Waals surface area contributed by atoms with Crippen molar-refractivity contribution in [3.63, 3.8) is 0 Å². The van der Waals surface area contributed by atoms with Crippen LogP contribution in [0.4, 0.5) is 0 Å².